The van der Waals surface area contributed by atoms with Gasteiger partial charge < -0.3 is 4.84 Å². The van der Waals surface area contributed by atoms with Crippen molar-refractivity contribution in [3.63, 3.8) is 0 Å². The summed E-state index contributed by atoms with van der Waals surface area (Å²) in [5, 5.41) is 4.22. The van der Waals surface area contributed by atoms with Gasteiger partial charge in [0.1, 0.15) is 6.10 Å². The van der Waals surface area contributed by atoms with Gasteiger partial charge in [0, 0.05) is 6.42 Å². The van der Waals surface area contributed by atoms with Gasteiger partial charge in [-0.05, 0) is 24.0 Å². The molecule has 1 aliphatic rings. The van der Waals surface area contributed by atoms with Gasteiger partial charge in [-0.3, -0.25) is 0 Å². The number of oxime groups is 1. The SMILES string of the molecule is c1ccc(CCC2CC(c3ccccc3)=NO2)cc1. The average Bonchev–Trinajstić information content (AvgIpc) is 2.96. The fraction of sp³-hybridized carbons (Fsp3) is 0.235. The normalized spacial score (nSPS) is 17.9. The highest BCUT2D eigenvalue weighted by Crippen LogP contribution is 2.20. The lowest BCUT2D eigenvalue weighted by molar-refractivity contribution is 0.0794. The second-order valence-corrected chi connectivity index (χ2v) is 4.86. The van der Waals surface area contributed by atoms with E-state index in [9.17, 15) is 0 Å². The Morgan fingerprint density at radius 2 is 1.63 bits per heavy atom. The first-order valence-corrected chi connectivity index (χ1v) is 6.74. The summed E-state index contributed by atoms with van der Waals surface area (Å²) in [6.07, 6.45) is 3.19. The van der Waals surface area contributed by atoms with Crippen molar-refractivity contribution in [2.45, 2.75) is 25.4 Å². The third-order valence-electron chi connectivity index (χ3n) is 3.44. The molecular formula is C17H17NO. The van der Waals surface area contributed by atoms with Crippen LogP contribution in [0.15, 0.2) is 65.8 Å². The van der Waals surface area contributed by atoms with Gasteiger partial charge in [0.25, 0.3) is 0 Å². The van der Waals surface area contributed by atoms with Crippen LogP contribution in [-0.2, 0) is 11.3 Å². The minimum Gasteiger partial charge on any atom is -0.392 e. The van der Waals surface area contributed by atoms with Gasteiger partial charge in [0.15, 0.2) is 0 Å². The number of rotatable bonds is 4. The summed E-state index contributed by atoms with van der Waals surface area (Å²) >= 11 is 0. The van der Waals surface area contributed by atoms with E-state index in [4.69, 9.17) is 4.84 Å². The van der Waals surface area contributed by atoms with Crippen molar-refractivity contribution in [3.05, 3.63) is 71.8 Å². The van der Waals surface area contributed by atoms with Crippen molar-refractivity contribution in [1.29, 1.82) is 0 Å². The van der Waals surface area contributed by atoms with Crippen LogP contribution in [-0.4, -0.2) is 11.8 Å². The van der Waals surface area contributed by atoms with Crippen LogP contribution in [0.3, 0.4) is 0 Å². The molecule has 0 bridgehead atoms. The van der Waals surface area contributed by atoms with Crippen LogP contribution in [0.4, 0.5) is 0 Å². The number of nitrogens with zero attached hydrogens (tertiary/aromatic N) is 1. The maximum atomic E-state index is 5.53. The van der Waals surface area contributed by atoms with Gasteiger partial charge in [-0.25, -0.2) is 0 Å². The predicted molar refractivity (Wildman–Crippen MR) is 77.2 cm³/mol. The Labute approximate surface area is 113 Å². The van der Waals surface area contributed by atoms with E-state index in [-0.39, 0.29) is 6.10 Å². The first kappa shape index (κ1) is 12.0. The van der Waals surface area contributed by atoms with Crippen LogP contribution < -0.4 is 0 Å². The molecule has 2 aromatic rings. The zero-order valence-electron chi connectivity index (χ0n) is 10.8. The number of aryl methyl sites for hydroxylation is 1. The smallest absolute Gasteiger partial charge is 0.133 e. The maximum Gasteiger partial charge on any atom is 0.133 e. The number of hydrogen-bond acceptors (Lipinski definition) is 2. The topological polar surface area (TPSA) is 21.6 Å². The quantitative estimate of drug-likeness (QED) is 0.809. The summed E-state index contributed by atoms with van der Waals surface area (Å²) < 4.78 is 0. The summed E-state index contributed by atoms with van der Waals surface area (Å²) in [6, 6.07) is 20.8. The molecule has 19 heavy (non-hydrogen) atoms. The van der Waals surface area contributed by atoms with E-state index < -0.39 is 0 Å². The average molecular weight is 251 g/mol. The highest BCUT2D eigenvalue weighted by atomic mass is 16.6. The van der Waals surface area contributed by atoms with E-state index in [0.29, 0.717) is 0 Å². The highest BCUT2D eigenvalue weighted by Gasteiger charge is 2.21. The van der Waals surface area contributed by atoms with Crippen molar-refractivity contribution in [2.24, 2.45) is 5.16 Å². The molecule has 0 fully saturated rings. The van der Waals surface area contributed by atoms with E-state index in [1.165, 1.54) is 11.1 Å². The van der Waals surface area contributed by atoms with E-state index >= 15 is 0 Å². The Morgan fingerprint density at radius 1 is 0.947 bits per heavy atom. The highest BCUT2D eigenvalue weighted by molar-refractivity contribution is 6.01. The molecule has 2 aromatic carbocycles. The van der Waals surface area contributed by atoms with Gasteiger partial charge in [0.2, 0.25) is 0 Å². The Morgan fingerprint density at radius 3 is 2.37 bits per heavy atom. The van der Waals surface area contributed by atoms with Crippen LogP contribution in [0.25, 0.3) is 0 Å². The Kier molecular flexibility index (Phi) is 3.59. The van der Waals surface area contributed by atoms with Gasteiger partial charge in [-0.1, -0.05) is 65.8 Å². The Hall–Kier alpha value is -2.09. The lowest BCUT2D eigenvalue weighted by Crippen LogP contribution is -2.09. The van der Waals surface area contributed by atoms with Crippen molar-refractivity contribution >= 4 is 5.71 Å². The molecule has 0 amide bonds. The lowest BCUT2D eigenvalue weighted by Gasteiger charge is -2.07. The van der Waals surface area contributed by atoms with Crippen molar-refractivity contribution in [2.75, 3.05) is 0 Å². The van der Waals surface area contributed by atoms with Crippen molar-refractivity contribution in [3.8, 4) is 0 Å². The minimum atomic E-state index is 0.218. The number of benzene rings is 2. The second-order valence-electron chi connectivity index (χ2n) is 4.86. The largest absolute Gasteiger partial charge is 0.392 e. The zero-order chi connectivity index (χ0) is 12.9. The second kappa shape index (κ2) is 5.70. The fourth-order valence-corrected chi connectivity index (χ4v) is 2.36. The first-order valence-electron chi connectivity index (χ1n) is 6.74. The van der Waals surface area contributed by atoms with Gasteiger partial charge in [-0.15, -0.1) is 0 Å². The molecule has 0 saturated carbocycles. The lowest BCUT2D eigenvalue weighted by atomic mass is 10.0. The van der Waals surface area contributed by atoms with Crippen LogP contribution >= 0.6 is 0 Å². The monoisotopic (exact) mass is 251 g/mol. The molecule has 96 valence electrons. The van der Waals surface area contributed by atoms with Crippen LogP contribution in [0, 0.1) is 0 Å². The molecular weight excluding hydrogens is 234 g/mol. The Bertz CT molecular complexity index is 548. The third-order valence-corrected chi connectivity index (χ3v) is 3.44. The standard InChI is InChI=1S/C17H17NO/c1-3-7-14(8-4-1)11-12-16-13-17(18-19-16)15-9-5-2-6-10-15/h1-10,16H,11-13H2. The van der Waals surface area contributed by atoms with Crippen molar-refractivity contribution < 1.29 is 4.84 Å². The first-order chi connectivity index (χ1) is 9.42. The maximum absolute atomic E-state index is 5.53. The molecule has 0 saturated heterocycles. The molecule has 0 aliphatic carbocycles. The van der Waals surface area contributed by atoms with Gasteiger partial charge in [0.05, 0.1) is 5.71 Å². The molecule has 1 heterocycles. The van der Waals surface area contributed by atoms with E-state index in [0.717, 1.165) is 25.0 Å². The molecule has 1 aliphatic heterocycles. The molecule has 2 heteroatoms. The molecule has 1 atom stereocenters. The summed E-state index contributed by atoms with van der Waals surface area (Å²) in [4.78, 5) is 5.53. The Balaban J connectivity index is 1.54. The minimum absolute atomic E-state index is 0.218. The summed E-state index contributed by atoms with van der Waals surface area (Å²) in [5.74, 6) is 0. The fourth-order valence-electron chi connectivity index (χ4n) is 2.36. The van der Waals surface area contributed by atoms with Gasteiger partial charge in [-0.2, -0.15) is 0 Å². The zero-order valence-corrected chi connectivity index (χ0v) is 10.8. The number of hydrogen-bond donors (Lipinski definition) is 0. The van der Waals surface area contributed by atoms with Crippen LogP contribution in [0.1, 0.15) is 24.0 Å². The molecule has 1 unspecified atom stereocenters. The molecule has 2 nitrogen and oxygen atoms in total. The summed E-state index contributed by atoms with van der Waals surface area (Å²) in [5.41, 5.74) is 3.60. The van der Waals surface area contributed by atoms with Gasteiger partial charge >= 0.3 is 0 Å². The summed E-state index contributed by atoms with van der Waals surface area (Å²) in [6.45, 7) is 0. The van der Waals surface area contributed by atoms with E-state index in [2.05, 4.69) is 41.6 Å². The van der Waals surface area contributed by atoms with E-state index in [1.54, 1.807) is 0 Å². The molecule has 0 N–H and O–H groups in total. The molecule has 3 rings (SSSR count). The van der Waals surface area contributed by atoms with Crippen LogP contribution in [0.5, 0.6) is 0 Å². The third kappa shape index (κ3) is 3.02. The summed E-state index contributed by atoms with van der Waals surface area (Å²) in [7, 11) is 0. The molecule has 0 aromatic heterocycles. The van der Waals surface area contributed by atoms with Crippen molar-refractivity contribution in [1.82, 2.24) is 0 Å². The van der Waals surface area contributed by atoms with E-state index in [1.807, 2.05) is 24.3 Å². The predicted octanol–water partition coefficient (Wildman–Crippen LogP) is 3.81. The molecule has 0 spiro atoms. The molecule has 0 radical (unpaired) electrons. The van der Waals surface area contributed by atoms with Crippen LogP contribution in [0.2, 0.25) is 0 Å².